The summed E-state index contributed by atoms with van der Waals surface area (Å²) in [7, 11) is 0. The van der Waals surface area contributed by atoms with Crippen molar-refractivity contribution in [2.24, 2.45) is 5.92 Å². The van der Waals surface area contributed by atoms with Gasteiger partial charge in [-0.05, 0) is 49.3 Å². The van der Waals surface area contributed by atoms with Crippen LogP contribution in [0.5, 0.6) is 0 Å². The maximum Gasteiger partial charge on any atom is 0.0469 e. The van der Waals surface area contributed by atoms with Gasteiger partial charge in [-0.15, -0.1) is 12.4 Å². The maximum absolute atomic E-state index is 6.09. The highest BCUT2D eigenvalue weighted by molar-refractivity contribution is 5.85. The number of hydrogen-bond acceptors (Lipinski definition) is 3. The lowest BCUT2D eigenvalue weighted by atomic mass is 9.95. The van der Waals surface area contributed by atoms with E-state index in [1.54, 1.807) is 0 Å². The number of ether oxygens (including phenoxy) is 1. The second kappa shape index (κ2) is 6.49. The molecule has 2 aliphatic rings. The Kier molecular flexibility index (Phi) is 4.94. The molecule has 3 nitrogen and oxygen atoms in total. The van der Waals surface area contributed by atoms with Gasteiger partial charge < -0.3 is 15.4 Å². The molecule has 1 fully saturated rings. The minimum absolute atomic E-state index is 0. The van der Waals surface area contributed by atoms with E-state index >= 15 is 0 Å². The van der Waals surface area contributed by atoms with Gasteiger partial charge in [-0.3, -0.25) is 0 Å². The fourth-order valence-corrected chi connectivity index (χ4v) is 3.16. The van der Waals surface area contributed by atoms with Crippen molar-refractivity contribution in [2.45, 2.75) is 25.7 Å². The summed E-state index contributed by atoms with van der Waals surface area (Å²) in [5, 5.41) is 0. The summed E-state index contributed by atoms with van der Waals surface area (Å²) < 4.78 is 5.44. The lowest BCUT2D eigenvalue weighted by Gasteiger charge is -2.35. The molecule has 19 heavy (non-hydrogen) atoms. The van der Waals surface area contributed by atoms with Crippen LogP contribution >= 0.6 is 12.4 Å². The number of halogens is 1. The van der Waals surface area contributed by atoms with Crippen molar-refractivity contribution in [1.29, 1.82) is 0 Å². The molecule has 0 aliphatic carbocycles. The number of benzene rings is 1. The summed E-state index contributed by atoms with van der Waals surface area (Å²) in [6, 6.07) is 6.33. The van der Waals surface area contributed by atoms with Crippen molar-refractivity contribution in [3.05, 3.63) is 23.8 Å². The van der Waals surface area contributed by atoms with E-state index in [1.165, 1.54) is 43.6 Å². The monoisotopic (exact) mass is 282 g/mol. The third-order valence-corrected chi connectivity index (χ3v) is 4.20. The lowest BCUT2D eigenvalue weighted by molar-refractivity contribution is 0.0681. The minimum atomic E-state index is 0. The maximum atomic E-state index is 6.09. The molecular formula is C15H23ClN2O. The highest BCUT2D eigenvalue weighted by Gasteiger charge is 2.22. The van der Waals surface area contributed by atoms with Gasteiger partial charge in [0.2, 0.25) is 0 Å². The quantitative estimate of drug-likeness (QED) is 0.848. The molecule has 0 unspecified atom stereocenters. The highest BCUT2D eigenvalue weighted by Crippen LogP contribution is 2.32. The molecule has 1 saturated heterocycles. The van der Waals surface area contributed by atoms with E-state index in [9.17, 15) is 0 Å². The van der Waals surface area contributed by atoms with Crippen molar-refractivity contribution >= 4 is 23.8 Å². The van der Waals surface area contributed by atoms with Gasteiger partial charge in [0.25, 0.3) is 0 Å². The number of anilines is 2. The lowest BCUT2D eigenvalue weighted by Crippen LogP contribution is -2.36. The van der Waals surface area contributed by atoms with Crippen LogP contribution in [0.25, 0.3) is 0 Å². The zero-order valence-corrected chi connectivity index (χ0v) is 12.1. The van der Waals surface area contributed by atoms with Gasteiger partial charge >= 0.3 is 0 Å². The van der Waals surface area contributed by atoms with Gasteiger partial charge in [0, 0.05) is 37.7 Å². The Morgan fingerprint density at radius 3 is 2.84 bits per heavy atom. The Balaban J connectivity index is 0.00000133. The van der Waals surface area contributed by atoms with Crippen LogP contribution in [-0.2, 0) is 11.2 Å². The zero-order valence-electron chi connectivity index (χ0n) is 11.3. The van der Waals surface area contributed by atoms with Crippen LogP contribution < -0.4 is 10.6 Å². The predicted molar refractivity (Wildman–Crippen MR) is 82.2 cm³/mol. The smallest absolute Gasteiger partial charge is 0.0469 e. The van der Waals surface area contributed by atoms with Gasteiger partial charge in [0.1, 0.15) is 0 Å². The van der Waals surface area contributed by atoms with Crippen LogP contribution in [0, 0.1) is 5.92 Å². The van der Waals surface area contributed by atoms with E-state index in [-0.39, 0.29) is 12.4 Å². The van der Waals surface area contributed by atoms with Crippen molar-refractivity contribution in [2.75, 3.05) is 36.9 Å². The van der Waals surface area contributed by atoms with E-state index in [0.717, 1.165) is 31.2 Å². The molecule has 3 rings (SSSR count). The fourth-order valence-electron chi connectivity index (χ4n) is 3.16. The average Bonchev–Trinajstić information content (AvgIpc) is 2.41. The topological polar surface area (TPSA) is 38.5 Å². The second-order valence-corrected chi connectivity index (χ2v) is 5.45. The Morgan fingerprint density at radius 1 is 1.26 bits per heavy atom. The average molecular weight is 283 g/mol. The van der Waals surface area contributed by atoms with Crippen LogP contribution in [0.3, 0.4) is 0 Å². The third kappa shape index (κ3) is 3.15. The van der Waals surface area contributed by atoms with E-state index in [0.29, 0.717) is 0 Å². The molecule has 0 atom stereocenters. The number of nitrogen functional groups attached to an aromatic ring is 1. The van der Waals surface area contributed by atoms with E-state index in [1.807, 2.05) is 6.07 Å². The SMILES string of the molecule is Cl.Nc1cccc2c1CCCN2CC1CCOCC1. The molecule has 0 saturated carbocycles. The molecule has 4 heteroatoms. The first-order valence-corrected chi connectivity index (χ1v) is 7.04. The van der Waals surface area contributed by atoms with Gasteiger partial charge in [-0.1, -0.05) is 6.07 Å². The molecule has 1 aromatic rings. The molecule has 0 radical (unpaired) electrons. The van der Waals surface area contributed by atoms with Crippen LogP contribution in [0.15, 0.2) is 18.2 Å². The Labute approximate surface area is 121 Å². The number of rotatable bonds is 2. The number of fused-ring (bicyclic) bond motifs is 1. The first-order chi connectivity index (χ1) is 8.84. The summed E-state index contributed by atoms with van der Waals surface area (Å²) >= 11 is 0. The van der Waals surface area contributed by atoms with Gasteiger partial charge in [0.15, 0.2) is 0 Å². The van der Waals surface area contributed by atoms with Crippen molar-refractivity contribution in [1.82, 2.24) is 0 Å². The first-order valence-electron chi connectivity index (χ1n) is 7.04. The Hall–Kier alpha value is -0.930. The molecule has 1 aromatic carbocycles. The van der Waals surface area contributed by atoms with Crippen LogP contribution in [0.2, 0.25) is 0 Å². The second-order valence-electron chi connectivity index (χ2n) is 5.45. The summed E-state index contributed by atoms with van der Waals surface area (Å²) in [6.45, 7) is 4.21. The summed E-state index contributed by atoms with van der Waals surface area (Å²) in [5.74, 6) is 0.783. The zero-order chi connectivity index (χ0) is 12.4. The molecular weight excluding hydrogens is 260 g/mol. The van der Waals surface area contributed by atoms with Crippen molar-refractivity contribution in [3.63, 3.8) is 0 Å². The standard InChI is InChI=1S/C15H22N2O.ClH/c16-14-4-1-5-15-13(14)3-2-8-17(15)11-12-6-9-18-10-7-12;/h1,4-5,12H,2-3,6-11,16H2;1H. The van der Waals surface area contributed by atoms with E-state index < -0.39 is 0 Å². The molecule has 106 valence electrons. The molecule has 0 amide bonds. The van der Waals surface area contributed by atoms with E-state index in [2.05, 4.69) is 17.0 Å². The van der Waals surface area contributed by atoms with Gasteiger partial charge in [0.05, 0.1) is 0 Å². The largest absolute Gasteiger partial charge is 0.398 e. The van der Waals surface area contributed by atoms with Gasteiger partial charge in [-0.2, -0.15) is 0 Å². The number of nitrogens with two attached hydrogens (primary N) is 1. The molecule has 2 heterocycles. The Bertz CT molecular complexity index is 419. The van der Waals surface area contributed by atoms with Crippen molar-refractivity contribution < 1.29 is 4.74 Å². The number of nitrogens with zero attached hydrogens (tertiary/aromatic N) is 1. The number of hydrogen-bond donors (Lipinski definition) is 1. The summed E-state index contributed by atoms with van der Waals surface area (Å²) in [6.07, 6.45) is 4.76. The van der Waals surface area contributed by atoms with Crippen LogP contribution in [0.1, 0.15) is 24.8 Å². The molecule has 0 bridgehead atoms. The fraction of sp³-hybridized carbons (Fsp3) is 0.600. The van der Waals surface area contributed by atoms with Crippen molar-refractivity contribution in [3.8, 4) is 0 Å². The van der Waals surface area contributed by atoms with Crippen LogP contribution in [0.4, 0.5) is 11.4 Å². The summed E-state index contributed by atoms with van der Waals surface area (Å²) in [5.41, 5.74) is 9.78. The van der Waals surface area contributed by atoms with Crippen LogP contribution in [-0.4, -0.2) is 26.3 Å². The molecule has 2 aliphatic heterocycles. The first kappa shape index (κ1) is 14.5. The minimum Gasteiger partial charge on any atom is -0.398 e. The van der Waals surface area contributed by atoms with E-state index in [4.69, 9.17) is 10.5 Å². The molecule has 2 N–H and O–H groups in total. The highest BCUT2D eigenvalue weighted by atomic mass is 35.5. The summed E-state index contributed by atoms with van der Waals surface area (Å²) in [4.78, 5) is 2.53. The molecule has 0 spiro atoms. The normalized spacial score (nSPS) is 19.7. The van der Waals surface area contributed by atoms with Gasteiger partial charge in [-0.25, -0.2) is 0 Å². The molecule has 0 aromatic heterocycles. The Morgan fingerprint density at radius 2 is 2.05 bits per heavy atom. The predicted octanol–water partition coefficient (Wildman–Crippen LogP) is 2.87. The third-order valence-electron chi connectivity index (χ3n) is 4.20.